The van der Waals surface area contributed by atoms with Gasteiger partial charge in [0.15, 0.2) is 4.90 Å². The van der Waals surface area contributed by atoms with Crippen molar-refractivity contribution in [2.75, 3.05) is 13.1 Å². The number of nitro groups is 1. The Morgan fingerprint density at radius 1 is 1.33 bits per heavy atom. The lowest BCUT2D eigenvalue weighted by Crippen LogP contribution is -2.49. The number of aryl methyl sites for hydroxylation is 2. The number of sulfonamides is 1. The minimum atomic E-state index is -3.95. The van der Waals surface area contributed by atoms with Crippen LogP contribution in [0.5, 0.6) is 0 Å². The number of hydrogen-bond acceptors (Lipinski definition) is 5. The average molecular weight is 378 g/mol. The Labute approximate surface area is 148 Å². The molecule has 2 rings (SSSR count). The number of rotatable bonds is 4. The normalized spacial score (nSPS) is 22.0. The van der Waals surface area contributed by atoms with Gasteiger partial charge in [0.1, 0.15) is 0 Å². The third kappa shape index (κ3) is 3.88. The van der Waals surface area contributed by atoms with Crippen LogP contribution in [-0.2, 0) is 10.0 Å². The fourth-order valence-electron chi connectivity index (χ4n) is 3.01. The topological polar surface area (TPSA) is 107 Å². The Bertz CT molecular complexity index is 724. The van der Waals surface area contributed by atoms with Gasteiger partial charge in [-0.05, 0) is 49.8 Å². The number of nitrogens with two attached hydrogens (primary N) is 1. The molecule has 0 saturated carbocycles. The van der Waals surface area contributed by atoms with E-state index in [-0.39, 0.29) is 35.6 Å². The lowest BCUT2D eigenvalue weighted by atomic mass is 9.94. The number of benzene rings is 1. The lowest BCUT2D eigenvalue weighted by molar-refractivity contribution is -0.387. The first-order valence-electron chi connectivity index (χ1n) is 7.66. The summed E-state index contributed by atoms with van der Waals surface area (Å²) in [5, 5.41) is 11.3. The zero-order valence-electron chi connectivity index (χ0n) is 14.1. The zero-order valence-corrected chi connectivity index (χ0v) is 15.7. The molecule has 1 saturated heterocycles. The summed E-state index contributed by atoms with van der Waals surface area (Å²) in [6.07, 6.45) is 1.41. The van der Waals surface area contributed by atoms with E-state index in [1.165, 1.54) is 16.4 Å². The third-order valence-corrected chi connectivity index (χ3v) is 6.54. The van der Waals surface area contributed by atoms with Gasteiger partial charge in [0, 0.05) is 25.2 Å². The minimum Gasteiger partial charge on any atom is -0.329 e. The molecular weight excluding hydrogens is 354 g/mol. The molecule has 0 aromatic heterocycles. The summed E-state index contributed by atoms with van der Waals surface area (Å²) in [5.41, 5.74) is 6.77. The predicted octanol–water partition coefficient (Wildman–Crippen LogP) is 2.38. The van der Waals surface area contributed by atoms with Crippen molar-refractivity contribution in [3.8, 4) is 0 Å². The summed E-state index contributed by atoms with van der Waals surface area (Å²) < 4.78 is 27.4. The van der Waals surface area contributed by atoms with E-state index in [0.717, 1.165) is 6.42 Å². The van der Waals surface area contributed by atoms with Gasteiger partial charge in [0.05, 0.1) is 4.92 Å². The number of nitro benzene ring substituents is 1. The Morgan fingerprint density at radius 2 is 1.92 bits per heavy atom. The minimum absolute atomic E-state index is 0. The average Bonchev–Trinajstić information content (AvgIpc) is 2.48. The second-order valence-electron chi connectivity index (χ2n) is 6.30. The highest BCUT2D eigenvalue weighted by Crippen LogP contribution is 2.33. The van der Waals surface area contributed by atoms with Gasteiger partial charge in [-0.25, -0.2) is 8.42 Å². The van der Waals surface area contributed by atoms with Crippen LogP contribution in [0.3, 0.4) is 0 Å². The first kappa shape index (κ1) is 20.8. The fraction of sp³-hybridized carbons (Fsp3) is 0.600. The molecule has 0 amide bonds. The van der Waals surface area contributed by atoms with Crippen LogP contribution in [0.25, 0.3) is 0 Å². The highest BCUT2D eigenvalue weighted by molar-refractivity contribution is 7.89. The maximum Gasteiger partial charge on any atom is 0.289 e. The van der Waals surface area contributed by atoms with Gasteiger partial charge in [0.25, 0.3) is 5.69 Å². The quantitative estimate of drug-likeness (QED) is 0.640. The van der Waals surface area contributed by atoms with Crippen molar-refractivity contribution >= 4 is 28.1 Å². The van der Waals surface area contributed by atoms with Crippen molar-refractivity contribution in [3.63, 3.8) is 0 Å². The van der Waals surface area contributed by atoms with Crippen molar-refractivity contribution in [1.82, 2.24) is 4.31 Å². The fourth-order valence-corrected chi connectivity index (χ4v) is 4.90. The third-order valence-electron chi connectivity index (χ3n) is 4.55. The van der Waals surface area contributed by atoms with E-state index in [1.807, 2.05) is 0 Å². The first-order chi connectivity index (χ1) is 10.7. The van der Waals surface area contributed by atoms with E-state index < -0.39 is 14.9 Å². The second-order valence-corrected chi connectivity index (χ2v) is 8.16. The molecule has 1 heterocycles. The van der Waals surface area contributed by atoms with Crippen LogP contribution in [0.1, 0.15) is 30.9 Å². The van der Waals surface area contributed by atoms with Crippen molar-refractivity contribution in [3.05, 3.63) is 33.4 Å². The summed E-state index contributed by atoms with van der Waals surface area (Å²) in [6, 6.07) is 2.41. The molecule has 0 bridgehead atoms. The van der Waals surface area contributed by atoms with E-state index in [4.69, 9.17) is 5.73 Å². The van der Waals surface area contributed by atoms with Crippen molar-refractivity contribution in [1.29, 1.82) is 0 Å². The van der Waals surface area contributed by atoms with Crippen LogP contribution in [0.2, 0.25) is 0 Å². The second kappa shape index (κ2) is 7.77. The molecule has 1 aromatic carbocycles. The van der Waals surface area contributed by atoms with E-state index in [9.17, 15) is 18.5 Å². The summed E-state index contributed by atoms with van der Waals surface area (Å²) in [5.74, 6) is 0.393. The van der Waals surface area contributed by atoms with E-state index in [1.54, 1.807) is 13.8 Å². The molecule has 0 aliphatic carbocycles. The van der Waals surface area contributed by atoms with Gasteiger partial charge >= 0.3 is 0 Å². The summed E-state index contributed by atoms with van der Waals surface area (Å²) in [7, 11) is -3.95. The van der Waals surface area contributed by atoms with E-state index >= 15 is 0 Å². The van der Waals surface area contributed by atoms with Crippen LogP contribution in [-0.4, -0.2) is 36.8 Å². The molecular formula is C15H24ClN3O4S. The molecule has 0 radical (unpaired) electrons. The molecule has 1 aliphatic heterocycles. The summed E-state index contributed by atoms with van der Waals surface area (Å²) in [4.78, 5) is 10.4. The van der Waals surface area contributed by atoms with E-state index in [2.05, 4.69) is 6.92 Å². The molecule has 0 spiro atoms. The van der Waals surface area contributed by atoms with Gasteiger partial charge in [-0.2, -0.15) is 4.31 Å². The molecule has 1 fully saturated rings. The molecule has 2 atom stereocenters. The molecule has 136 valence electrons. The first-order valence-corrected chi connectivity index (χ1v) is 9.10. The van der Waals surface area contributed by atoms with Gasteiger partial charge in [-0.1, -0.05) is 6.92 Å². The highest BCUT2D eigenvalue weighted by Gasteiger charge is 2.38. The summed E-state index contributed by atoms with van der Waals surface area (Å²) >= 11 is 0. The highest BCUT2D eigenvalue weighted by atomic mass is 35.5. The summed E-state index contributed by atoms with van der Waals surface area (Å²) in [6.45, 7) is 6.09. The number of piperidine rings is 1. The smallest absolute Gasteiger partial charge is 0.289 e. The predicted molar refractivity (Wildman–Crippen MR) is 95.0 cm³/mol. The van der Waals surface area contributed by atoms with Crippen molar-refractivity contribution in [2.24, 2.45) is 11.7 Å². The lowest BCUT2D eigenvalue weighted by Gasteiger charge is -2.36. The number of hydrogen-bond donors (Lipinski definition) is 1. The largest absolute Gasteiger partial charge is 0.329 e. The standard InChI is InChI=1S/C15H23N3O4S.ClH/c1-10-4-5-17(13(6-10)9-16)23(21,22)15-8-12(3)11(2)7-14(15)18(19)20;/h7-8,10,13H,4-6,9,16H2,1-3H3;1H. The van der Waals surface area contributed by atoms with Crippen LogP contribution in [0.15, 0.2) is 17.0 Å². The van der Waals surface area contributed by atoms with E-state index in [0.29, 0.717) is 30.0 Å². The van der Waals surface area contributed by atoms with Crippen LogP contribution < -0.4 is 5.73 Å². The monoisotopic (exact) mass is 377 g/mol. The van der Waals surface area contributed by atoms with Gasteiger partial charge < -0.3 is 5.73 Å². The Hall–Kier alpha value is -1.22. The Kier molecular flexibility index (Phi) is 6.75. The Balaban J connectivity index is 0.00000288. The van der Waals surface area contributed by atoms with Gasteiger partial charge in [0.2, 0.25) is 10.0 Å². The van der Waals surface area contributed by atoms with Crippen molar-refractivity contribution < 1.29 is 13.3 Å². The molecule has 9 heteroatoms. The van der Waals surface area contributed by atoms with Crippen LogP contribution >= 0.6 is 12.4 Å². The van der Waals surface area contributed by atoms with Gasteiger partial charge in [-0.3, -0.25) is 10.1 Å². The molecule has 7 nitrogen and oxygen atoms in total. The van der Waals surface area contributed by atoms with Crippen LogP contribution in [0.4, 0.5) is 5.69 Å². The maximum absolute atomic E-state index is 13.0. The molecule has 2 N–H and O–H groups in total. The molecule has 1 aromatic rings. The molecule has 24 heavy (non-hydrogen) atoms. The van der Waals surface area contributed by atoms with Gasteiger partial charge in [-0.15, -0.1) is 12.4 Å². The zero-order chi connectivity index (χ0) is 17.4. The Morgan fingerprint density at radius 3 is 2.46 bits per heavy atom. The van der Waals surface area contributed by atoms with Crippen molar-refractivity contribution in [2.45, 2.75) is 44.6 Å². The number of nitrogens with zero attached hydrogens (tertiary/aromatic N) is 2. The molecule has 2 unspecified atom stereocenters. The SMILES string of the molecule is Cc1cc([N+](=O)[O-])c(S(=O)(=O)N2CCC(C)CC2CN)cc1C.Cl. The van der Waals surface area contributed by atoms with Crippen LogP contribution in [0, 0.1) is 29.9 Å². The number of halogens is 1. The molecule has 1 aliphatic rings. The maximum atomic E-state index is 13.0.